The van der Waals surface area contributed by atoms with Crippen molar-refractivity contribution in [1.82, 2.24) is 15.5 Å². The number of nitrogens with one attached hydrogen (secondary N) is 1. The highest BCUT2D eigenvalue weighted by molar-refractivity contribution is 7.98. The molecule has 0 fully saturated rings. The molecule has 0 radical (unpaired) electrons. The normalized spacial score (nSPS) is 10.1. The van der Waals surface area contributed by atoms with Crippen molar-refractivity contribution in [1.29, 1.82) is 0 Å². The molecule has 0 saturated heterocycles. The summed E-state index contributed by atoms with van der Waals surface area (Å²) < 4.78 is 0. The van der Waals surface area contributed by atoms with Crippen LogP contribution in [0.5, 0.6) is 0 Å². The van der Waals surface area contributed by atoms with E-state index >= 15 is 0 Å². The van der Waals surface area contributed by atoms with E-state index in [1.165, 1.54) is 0 Å². The van der Waals surface area contributed by atoms with E-state index in [0.717, 1.165) is 23.5 Å². The lowest BCUT2D eigenvalue weighted by atomic mass is 10.4. The van der Waals surface area contributed by atoms with Crippen molar-refractivity contribution in [3.63, 3.8) is 0 Å². The first-order chi connectivity index (χ1) is 6.74. The van der Waals surface area contributed by atoms with Crippen LogP contribution in [0.25, 0.3) is 0 Å². The number of carbonyl (C=O) groups is 1. The van der Waals surface area contributed by atoms with E-state index in [0.29, 0.717) is 16.7 Å². The predicted octanol–water partition coefficient (Wildman–Crippen LogP) is 0.603. The number of carbonyl (C=O) groups excluding carboxylic acids is 1. The number of amides is 1. The molecular formula is C7H12N4OS2. The predicted molar refractivity (Wildman–Crippen MR) is 59.7 cm³/mol. The summed E-state index contributed by atoms with van der Waals surface area (Å²) in [6.45, 7) is 0.666. The second-order valence-electron chi connectivity index (χ2n) is 2.55. The summed E-state index contributed by atoms with van der Waals surface area (Å²) in [6, 6.07) is 0. The average molecular weight is 232 g/mol. The first-order valence-electron chi connectivity index (χ1n) is 4.10. The molecule has 1 rings (SSSR count). The van der Waals surface area contributed by atoms with Gasteiger partial charge < -0.3 is 11.1 Å². The van der Waals surface area contributed by atoms with Crippen LogP contribution in [-0.2, 0) is 0 Å². The van der Waals surface area contributed by atoms with Crippen LogP contribution in [0.4, 0.5) is 5.13 Å². The van der Waals surface area contributed by atoms with Gasteiger partial charge in [0.15, 0.2) is 0 Å². The molecular weight excluding hydrogens is 220 g/mol. The van der Waals surface area contributed by atoms with Crippen LogP contribution in [0.15, 0.2) is 0 Å². The number of hydrogen-bond donors (Lipinski definition) is 2. The van der Waals surface area contributed by atoms with Gasteiger partial charge in [0, 0.05) is 6.54 Å². The smallest absolute Gasteiger partial charge is 0.282 e. The largest absolute Gasteiger partial charge is 0.374 e. The molecule has 0 aromatic carbocycles. The topological polar surface area (TPSA) is 80.9 Å². The number of anilines is 1. The first-order valence-corrected chi connectivity index (χ1v) is 6.31. The van der Waals surface area contributed by atoms with E-state index in [9.17, 15) is 4.79 Å². The van der Waals surface area contributed by atoms with Gasteiger partial charge in [0.1, 0.15) is 0 Å². The molecule has 3 N–H and O–H groups in total. The van der Waals surface area contributed by atoms with Gasteiger partial charge in [-0.05, 0) is 18.4 Å². The highest BCUT2D eigenvalue weighted by atomic mass is 32.2. The number of nitrogen functional groups attached to an aromatic ring is 1. The number of thioether (sulfide) groups is 1. The van der Waals surface area contributed by atoms with Crippen molar-refractivity contribution < 1.29 is 4.79 Å². The minimum Gasteiger partial charge on any atom is -0.374 e. The number of nitrogens with zero attached hydrogens (tertiary/aromatic N) is 2. The molecule has 14 heavy (non-hydrogen) atoms. The fourth-order valence-corrected chi connectivity index (χ4v) is 1.78. The summed E-state index contributed by atoms with van der Waals surface area (Å²) in [7, 11) is 0. The van der Waals surface area contributed by atoms with Gasteiger partial charge in [0.25, 0.3) is 5.91 Å². The molecule has 1 aromatic heterocycles. The second-order valence-corrected chi connectivity index (χ2v) is 4.54. The van der Waals surface area contributed by atoms with E-state index < -0.39 is 0 Å². The fraction of sp³-hybridized carbons (Fsp3) is 0.571. The van der Waals surface area contributed by atoms with Gasteiger partial charge in [0.05, 0.1) is 0 Å². The molecule has 0 bridgehead atoms. The molecule has 7 heteroatoms. The van der Waals surface area contributed by atoms with Crippen molar-refractivity contribution in [3.05, 3.63) is 5.01 Å². The molecule has 78 valence electrons. The Labute approximate surface area is 90.5 Å². The summed E-state index contributed by atoms with van der Waals surface area (Å²) in [4.78, 5) is 11.4. The van der Waals surface area contributed by atoms with E-state index in [4.69, 9.17) is 5.73 Å². The molecule has 5 nitrogen and oxygen atoms in total. The molecule has 0 saturated carbocycles. The Bertz CT molecular complexity index is 302. The molecule has 0 aliphatic carbocycles. The molecule has 1 aromatic rings. The molecule has 0 spiro atoms. The molecule has 0 aliphatic heterocycles. The maximum atomic E-state index is 11.4. The van der Waals surface area contributed by atoms with E-state index in [2.05, 4.69) is 15.5 Å². The monoisotopic (exact) mass is 232 g/mol. The average Bonchev–Trinajstić information content (AvgIpc) is 2.59. The second kappa shape index (κ2) is 5.82. The van der Waals surface area contributed by atoms with Gasteiger partial charge in [-0.1, -0.05) is 11.3 Å². The highest BCUT2D eigenvalue weighted by Gasteiger charge is 2.09. The Morgan fingerprint density at radius 3 is 3.00 bits per heavy atom. The first kappa shape index (κ1) is 11.3. The van der Waals surface area contributed by atoms with Crippen LogP contribution in [0.2, 0.25) is 0 Å². The third-order valence-corrected chi connectivity index (χ3v) is 2.89. The van der Waals surface area contributed by atoms with E-state index in [1.54, 1.807) is 11.8 Å². The van der Waals surface area contributed by atoms with Crippen molar-refractivity contribution in [2.24, 2.45) is 0 Å². The van der Waals surface area contributed by atoms with Gasteiger partial charge >= 0.3 is 0 Å². The maximum absolute atomic E-state index is 11.4. The van der Waals surface area contributed by atoms with Gasteiger partial charge in [-0.25, -0.2) is 0 Å². The minimum absolute atomic E-state index is 0.194. The van der Waals surface area contributed by atoms with Gasteiger partial charge in [-0.2, -0.15) is 11.8 Å². The molecule has 1 amide bonds. The van der Waals surface area contributed by atoms with Crippen molar-refractivity contribution in [2.45, 2.75) is 6.42 Å². The quantitative estimate of drug-likeness (QED) is 0.727. The summed E-state index contributed by atoms with van der Waals surface area (Å²) in [5.41, 5.74) is 5.35. The van der Waals surface area contributed by atoms with Crippen LogP contribution in [0.1, 0.15) is 16.2 Å². The third-order valence-electron chi connectivity index (χ3n) is 1.45. The lowest BCUT2D eigenvalue weighted by Crippen LogP contribution is -2.24. The Hall–Kier alpha value is -0.820. The lowest BCUT2D eigenvalue weighted by molar-refractivity contribution is 0.0952. The zero-order chi connectivity index (χ0) is 10.4. The third kappa shape index (κ3) is 3.51. The zero-order valence-corrected chi connectivity index (χ0v) is 9.45. The van der Waals surface area contributed by atoms with Crippen LogP contribution in [-0.4, -0.2) is 34.7 Å². The number of hydrogen-bond acceptors (Lipinski definition) is 6. The maximum Gasteiger partial charge on any atom is 0.282 e. The molecule has 0 atom stereocenters. The number of rotatable bonds is 5. The summed E-state index contributed by atoms with van der Waals surface area (Å²) in [5.74, 6) is 0.846. The highest BCUT2D eigenvalue weighted by Crippen LogP contribution is 2.10. The zero-order valence-electron chi connectivity index (χ0n) is 7.82. The van der Waals surface area contributed by atoms with Crippen LogP contribution >= 0.6 is 23.1 Å². The van der Waals surface area contributed by atoms with Crippen molar-refractivity contribution in [2.75, 3.05) is 24.3 Å². The number of aromatic nitrogens is 2. The Kier molecular flexibility index (Phi) is 4.68. The summed E-state index contributed by atoms with van der Waals surface area (Å²) in [6.07, 6.45) is 2.99. The number of nitrogens with two attached hydrogens (primary N) is 1. The van der Waals surface area contributed by atoms with Crippen LogP contribution < -0.4 is 11.1 Å². The van der Waals surface area contributed by atoms with Crippen LogP contribution in [0.3, 0.4) is 0 Å². The summed E-state index contributed by atoms with van der Waals surface area (Å²) in [5, 5.41) is 10.6. The molecule has 1 heterocycles. The minimum atomic E-state index is -0.194. The van der Waals surface area contributed by atoms with Gasteiger partial charge in [-0.3, -0.25) is 4.79 Å². The van der Waals surface area contributed by atoms with Gasteiger partial charge in [-0.15, -0.1) is 10.2 Å². The lowest BCUT2D eigenvalue weighted by Gasteiger charge is -2.00. The summed E-state index contributed by atoms with van der Waals surface area (Å²) >= 11 is 2.85. The fourth-order valence-electron chi connectivity index (χ4n) is 0.820. The van der Waals surface area contributed by atoms with Crippen molar-refractivity contribution >= 4 is 34.1 Å². The Balaban J connectivity index is 2.29. The SMILES string of the molecule is CSCCCNC(=O)c1nnc(N)s1. The molecule has 0 aliphatic rings. The van der Waals surface area contributed by atoms with Crippen molar-refractivity contribution in [3.8, 4) is 0 Å². The van der Waals surface area contributed by atoms with E-state index in [-0.39, 0.29) is 5.91 Å². The van der Waals surface area contributed by atoms with Gasteiger partial charge in [0.2, 0.25) is 10.1 Å². The Morgan fingerprint density at radius 1 is 1.64 bits per heavy atom. The standard InChI is InChI=1S/C7H12N4OS2/c1-13-4-2-3-9-5(12)6-10-11-7(8)14-6/h2-4H2,1H3,(H2,8,11)(H,9,12). The van der Waals surface area contributed by atoms with E-state index in [1.807, 2.05) is 6.26 Å². The Morgan fingerprint density at radius 2 is 2.43 bits per heavy atom. The van der Waals surface area contributed by atoms with Crippen LogP contribution in [0, 0.1) is 0 Å². The molecule has 0 unspecified atom stereocenters.